The van der Waals surface area contributed by atoms with Crippen LogP contribution in [-0.2, 0) is 19.9 Å². The lowest BCUT2D eigenvalue weighted by atomic mass is 10.1. The lowest BCUT2D eigenvalue weighted by molar-refractivity contribution is 0.136. The number of likely N-dealkylation sites (tertiary alicyclic amines) is 1. The summed E-state index contributed by atoms with van der Waals surface area (Å²) in [6, 6.07) is 2.36. The number of carbonyl (C=O) groups is 1. The van der Waals surface area contributed by atoms with Gasteiger partial charge in [-0.25, -0.2) is 31.2 Å². The van der Waals surface area contributed by atoms with Crippen molar-refractivity contribution >= 4 is 26.0 Å². The molecule has 0 radical (unpaired) electrons. The highest BCUT2D eigenvalue weighted by atomic mass is 32.2. The zero-order valence-corrected chi connectivity index (χ0v) is 13.5. The first kappa shape index (κ1) is 17.6. The van der Waals surface area contributed by atoms with Crippen LogP contribution in [0.3, 0.4) is 0 Å². The van der Waals surface area contributed by atoms with Crippen molar-refractivity contribution < 1.29 is 31.1 Å². The van der Waals surface area contributed by atoms with Gasteiger partial charge in [0, 0.05) is 13.1 Å². The number of halogens is 1. The summed E-state index contributed by atoms with van der Waals surface area (Å²) in [5, 5.41) is 12.8. The Labute approximate surface area is 132 Å². The molecule has 2 rings (SSSR count). The third-order valence-electron chi connectivity index (χ3n) is 3.69. The molecule has 1 aliphatic rings. The van der Waals surface area contributed by atoms with Crippen LogP contribution in [0.4, 0.5) is 9.18 Å². The van der Waals surface area contributed by atoms with Crippen LogP contribution in [-0.4, -0.2) is 51.3 Å². The van der Waals surface area contributed by atoms with Crippen LogP contribution in [0.15, 0.2) is 28.0 Å². The van der Waals surface area contributed by atoms with Gasteiger partial charge in [0.2, 0.25) is 10.0 Å². The van der Waals surface area contributed by atoms with Crippen LogP contribution in [0.1, 0.15) is 12.8 Å². The first-order chi connectivity index (χ1) is 10.5. The normalized spacial score (nSPS) is 17.2. The van der Waals surface area contributed by atoms with Crippen LogP contribution in [0.5, 0.6) is 0 Å². The van der Waals surface area contributed by atoms with Crippen molar-refractivity contribution in [2.45, 2.75) is 27.9 Å². The van der Waals surface area contributed by atoms with Gasteiger partial charge in [0.25, 0.3) is 0 Å². The zero-order valence-electron chi connectivity index (χ0n) is 11.8. The second-order valence-electron chi connectivity index (χ2n) is 5.15. The Morgan fingerprint density at radius 3 is 2.22 bits per heavy atom. The van der Waals surface area contributed by atoms with Crippen molar-refractivity contribution in [3.8, 4) is 0 Å². The van der Waals surface area contributed by atoms with E-state index in [4.69, 9.17) is 10.2 Å². The van der Waals surface area contributed by atoms with Gasteiger partial charge < -0.3 is 10.0 Å². The molecule has 1 aliphatic heterocycles. The molecular weight excluding hydrogens is 351 g/mol. The summed E-state index contributed by atoms with van der Waals surface area (Å²) in [7, 11) is -8.17. The summed E-state index contributed by atoms with van der Waals surface area (Å²) in [6.45, 7) is 0.0756. The lowest BCUT2D eigenvalue weighted by Crippen LogP contribution is -2.42. The number of nitrogens with zero attached hydrogens (tertiary/aromatic N) is 1. The molecule has 0 spiro atoms. The van der Waals surface area contributed by atoms with Gasteiger partial charge >= 0.3 is 6.09 Å². The maximum absolute atomic E-state index is 14.0. The molecular formula is C12H15FN2O6S2. The molecule has 0 saturated carbocycles. The van der Waals surface area contributed by atoms with Gasteiger partial charge in [0.15, 0.2) is 9.84 Å². The van der Waals surface area contributed by atoms with E-state index in [0.717, 1.165) is 17.0 Å². The number of hydrogen-bond acceptors (Lipinski definition) is 5. The Morgan fingerprint density at radius 2 is 1.78 bits per heavy atom. The summed E-state index contributed by atoms with van der Waals surface area (Å²) in [5.74, 6) is -1.20. The zero-order chi connectivity index (χ0) is 17.4. The van der Waals surface area contributed by atoms with Crippen LogP contribution in [0, 0.1) is 5.82 Å². The molecule has 1 aromatic carbocycles. The molecule has 0 atom stereocenters. The van der Waals surface area contributed by atoms with Gasteiger partial charge in [-0.05, 0) is 31.0 Å². The van der Waals surface area contributed by atoms with E-state index in [-0.39, 0.29) is 25.9 Å². The van der Waals surface area contributed by atoms with Crippen molar-refractivity contribution in [1.29, 1.82) is 0 Å². The molecule has 0 unspecified atom stereocenters. The molecule has 1 heterocycles. The first-order valence-electron chi connectivity index (χ1n) is 6.57. The van der Waals surface area contributed by atoms with Gasteiger partial charge in [-0.2, -0.15) is 0 Å². The van der Waals surface area contributed by atoms with Gasteiger partial charge in [-0.1, -0.05) is 0 Å². The summed E-state index contributed by atoms with van der Waals surface area (Å²) >= 11 is 0. The number of amides is 1. The third-order valence-corrected chi connectivity index (χ3v) is 6.89. The average Bonchev–Trinajstić information content (AvgIpc) is 2.46. The largest absolute Gasteiger partial charge is 0.465 e. The number of sulfonamides is 1. The molecule has 8 nitrogen and oxygen atoms in total. The predicted molar refractivity (Wildman–Crippen MR) is 77.6 cm³/mol. The van der Waals surface area contributed by atoms with Crippen LogP contribution < -0.4 is 5.14 Å². The van der Waals surface area contributed by atoms with Crippen LogP contribution >= 0.6 is 0 Å². The predicted octanol–water partition coefficient (Wildman–Crippen LogP) is 0.389. The van der Waals surface area contributed by atoms with Crippen molar-refractivity contribution in [2.75, 3.05) is 13.1 Å². The van der Waals surface area contributed by atoms with Crippen molar-refractivity contribution in [3.63, 3.8) is 0 Å². The average molecular weight is 366 g/mol. The number of sulfone groups is 1. The number of benzene rings is 1. The first-order valence-corrected chi connectivity index (χ1v) is 9.67. The Morgan fingerprint density at radius 1 is 1.22 bits per heavy atom. The fraction of sp³-hybridized carbons (Fsp3) is 0.417. The van der Waals surface area contributed by atoms with Crippen LogP contribution in [0.2, 0.25) is 0 Å². The number of carboxylic acid groups (broad SMARTS) is 1. The summed E-state index contributed by atoms with van der Waals surface area (Å²) < 4.78 is 61.2. The standard InChI is InChI=1S/C12H15FN2O6S2/c13-10-7-9(23(14,20)21)1-2-11(10)22(18,19)8-3-5-15(6-4-8)12(16)17/h1-2,7-8H,3-6H2,(H,16,17)(H2,14,20,21). The Hall–Kier alpha value is -1.72. The monoisotopic (exact) mass is 366 g/mol. The van der Waals surface area contributed by atoms with Crippen molar-refractivity contribution in [3.05, 3.63) is 24.0 Å². The molecule has 128 valence electrons. The molecule has 11 heteroatoms. The second kappa shape index (κ2) is 6.06. The van der Waals surface area contributed by atoms with E-state index < -0.39 is 46.8 Å². The number of piperidine rings is 1. The number of rotatable bonds is 3. The Balaban J connectivity index is 2.29. The minimum Gasteiger partial charge on any atom is -0.465 e. The Bertz CT molecular complexity index is 829. The van der Waals surface area contributed by atoms with Crippen molar-refractivity contribution in [1.82, 2.24) is 4.90 Å². The van der Waals surface area contributed by atoms with Gasteiger partial charge in [-0.3, -0.25) is 0 Å². The fourth-order valence-corrected chi connectivity index (χ4v) is 4.73. The summed E-state index contributed by atoms with van der Waals surface area (Å²) in [5.41, 5.74) is 0. The highest BCUT2D eigenvalue weighted by Gasteiger charge is 2.34. The third kappa shape index (κ3) is 3.62. The summed E-state index contributed by atoms with van der Waals surface area (Å²) in [4.78, 5) is 10.8. The SMILES string of the molecule is NS(=O)(=O)c1ccc(S(=O)(=O)C2CCN(C(=O)O)CC2)c(F)c1. The van der Waals surface area contributed by atoms with Crippen molar-refractivity contribution in [2.24, 2.45) is 5.14 Å². The summed E-state index contributed by atoms with van der Waals surface area (Å²) in [6.07, 6.45) is -1.04. The maximum atomic E-state index is 14.0. The smallest absolute Gasteiger partial charge is 0.407 e. The molecule has 0 aliphatic carbocycles. The van der Waals surface area contributed by atoms with E-state index >= 15 is 0 Å². The van der Waals surface area contributed by atoms with E-state index in [9.17, 15) is 26.0 Å². The number of nitrogens with two attached hydrogens (primary N) is 1. The topological polar surface area (TPSA) is 135 Å². The lowest BCUT2D eigenvalue weighted by Gasteiger charge is -2.29. The van der Waals surface area contributed by atoms with Gasteiger partial charge in [0.1, 0.15) is 10.7 Å². The molecule has 3 N–H and O–H groups in total. The minimum absolute atomic E-state index is 0.0378. The molecule has 1 aromatic rings. The van der Waals surface area contributed by atoms with E-state index in [0.29, 0.717) is 6.07 Å². The molecule has 1 saturated heterocycles. The second-order valence-corrected chi connectivity index (χ2v) is 8.91. The number of primary sulfonamides is 1. The quantitative estimate of drug-likeness (QED) is 0.794. The van der Waals surface area contributed by atoms with Gasteiger partial charge in [0.05, 0.1) is 10.1 Å². The maximum Gasteiger partial charge on any atom is 0.407 e. The number of hydrogen-bond donors (Lipinski definition) is 2. The van der Waals surface area contributed by atoms with E-state index in [1.165, 1.54) is 0 Å². The molecule has 0 bridgehead atoms. The molecule has 0 aromatic heterocycles. The highest BCUT2D eigenvalue weighted by molar-refractivity contribution is 7.92. The van der Waals surface area contributed by atoms with E-state index in [1.807, 2.05) is 0 Å². The molecule has 23 heavy (non-hydrogen) atoms. The fourth-order valence-electron chi connectivity index (χ4n) is 2.43. The van der Waals surface area contributed by atoms with Gasteiger partial charge in [-0.15, -0.1) is 0 Å². The van der Waals surface area contributed by atoms with Crippen LogP contribution in [0.25, 0.3) is 0 Å². The van der Waals surface area contributed by atoms with E-state index in [1.54, 1.807) is 0 Å². The molecule has 1 amide bonds. The minimum atomic E-state index is -4.14. The highest BCUT2D eigenvalue weighted by Crippen LogP contribution is 2.27. The Kier molecular flexibility index (Phi) is 4.64. The molecule has 1 fully saturated rings. The van der Waals surface area contributed by atoms with E-state index in [2.05, 4.69) is 0 Å².